The van der Waals surface area contributed by atoms with E-state index >= 15 is 0 Å². The molecular weight excluding hydrogens is 659 g/mol. The molecule has 0 saturated heterocycles. The lowest BCUT2D eigenvalue weighted by Crippen LogP contribution is -2.16. The number of hydrogen-bond acceptors (Lipinski definition) is 2. The van der Waals surface area contributed by atoms with Gasteiger partial charge in [0.25, 0.3) is 0 Å². The molecule has 10 rings (SSSR count). The lowest BCUT2D eigenvalue weighted by molar-refractivity contribution is 0.660. The van der Waals surface area contributed by atoms with Crippen LogP contribution in [0.3, 0.4) is 0 Å². The van der Waals surface area contributed by atoms with Crippen molar-refractivity contribution in [1.82, 2.24) is 0 Å². The quantitative estimate of drug-likeness (QED) is 0.167. The molecule has 1 aliphatic rings. The van der Waals surface area contributed by atoms with Gasteiger partial charge in [0, 0.05) is 42.6 Å². The molecule has 0 spiro atoms. The van der Waals surface area contributed by atoms with E-state index in [2.05, 4.69) is 207 Å². The van der Waals surface area contributed by atoms with E-state index < -0.39 is 0 Å². The van der Waals surface area contributed by atoms with Crippen LogP contribution in [-0.2, 0) is 5.41 Å². The van der Waals surface area contributed by atoms with E-state index in [-0.39, 0.29) is 5.41 Å². The van der Waals surface area contributed by atoms with Gasteiger partial charge in [-0.2, -0.15) is 0 Å². The van der Waals surface area contributed by atoms with Crippen molar-refractivity contribution < 1.29 is 0 Å². The van der Waals surface area contributed by atoms with E-state index in [1.54, 1.807) is 0 Å². The van der Waals surface area contributed by atoms with Crippen LogP contribution < -0.4 is 4.90 Å². The normalized spacial score (nSPS) is 12.9. The minimum atomic E-state index is -0.110. The summed E-state index contributed by atoms with van der Waals surface area (Å²) in [5.41, 5.74) is 16.0. The second-order valence-electron chi connectivity index (χ2n) is 14.6. The maximum absolute atomic E-state index is 2.45. The summed E-state index contributed by atoms with van der Waals surface area (Å²) < 4.78 is 2.66. The van der Waals surface area contributed by atoms with Crippen LogP contribution >= 0.6 is 11.3 Å². The maximum Gasteiger partial charge on any atom is 0.0473 e. The van der Waals surface area contributed by atoms with Gasteiger partial charge in [0.2, 0.25) is 0 Å². The molecule has 0 bridgehead atoms. The molecule has 0 unspecified atom stereocenters. The predicted molar refractivity (Wildman–Crippen MR) is 228 cm³/mol. The first-order valence-electron chi connectivity index (χ1n) is 18.3. The summed E-state index contributed by atoms with van der Waals surface area (Å²) in [6, 6.07) is 69.1. The minimum absolute atomic E-state index is 0.110. The van der Waals surface area contributed by atoms with E-state index in [0.717, 1.165) is 17.1 Å². The monoisotopic (exact) mass is 695 g/mol. The highest BCUT2D eigenvalue weighted by molar-refractivity contribution is 7.26. The van der Waals surface area contributed by atoms with Crippen molar-refractivity contribution in [3.8, 4) is 44.5 Å². The Labute approximate surface area is 315 Å². The molecule has 9 aromatic rings. The van der Waals surface area contributed by atoms with Gasteiger partial charge in [-0.05, 0) is 104 Å². The topological polar surface area (TPSA) is 3.24 Å². The molecule has 0 fully saturated rings. The molecule has 0 saturated carbocycles. The van der Waals surface area contributed by atoms with Crippen molar-refractivity contribution in [2.45, 2.75) is 19.3 Å². The summed E-state index contributed by atoms with van der Waals surface area (Å²) in [6.45, 7) is 4.72. The molecule has 252 valence electrons. The van der Waals surface area contributed by atoms with Gasteiger partial charge in [-0.15, -0.1) is 11.3 Å². The Kier molecular flexibility index (Phi) is 7.42. The highest BCUT2D eigenvalue weighted by atomic mass is 32.1. The molecule has 53 heavy (non-hydrogen) atoms. The largest absolute Gasteiger partial charge is 0.310 e. The molecule has 2 heteroatoms. The van der Waals surface area contributed by atoms with Crippen LogP contribution in [0.2, 0.25) is 0 Å². The zero-order valence-corrected chi connectivity index (χ0v) is 30.6. The van der Waals surface area contributed by atoms with Crippen LogP contribution in [0.25, 0.3) is 64.7 Å². The second-order valence-corrected chi connectivity index (χ2v) is 15.6. The second kappa shape index (κ2) is 12.5. The Hall–Kier alpha value is -6.22. The summed E-state index contributed by atoms with van der Waals surface area (Å²) in [7, 11) is 0. The molecule has 1 heterocycles. The molecule has 1 nitrogen and oxygen atoms in total. The van der Waals surface area contributed by atoms with Crippen LogP contribution in [0.5, 0.6) is 0 Å². The standard InChI is InChI=1S/C51H37NS/c1-51(2)47-22-11-9-18-43(47)44-29-28-40(33-48(44)51)52(41-31-37(34-14-5-3-6-15-34)30-38(32-41)35-16-7-4-8-17-35)39-26-24-36(25-27-39)42-20-13-21-46-45-19-10-12-23-49(45)53-50(42)46/h3-33H,1-2H3. The summed E-state index contributed by atoms with van der Waals surface area (Å²) >= 11 is 1.88. The molecule has 0 atom stereocenters. The number of anilines is 3. The van der Waals surface area contributed by atoms with Crippen LogP contribution in [0.15, 0.2) is 188 Å². The van der Waals surface area contributed by atoms with Gasteiger partial charge in [0.15, 0.2) is 0 Å². The molecule has 1 aromatic heterocycles. The lowest BCUT2D eigenvalue weighted by Gasteiger charge is -2.29. The molecule has 0 radical (unpaired) electrons. The minimum Gasteiger partial charge on any atom is -0.310 e. The molecule has 8 aromatic carbocycles. The average Bonchev–Trinajstić information content (AvgIpc) is 3.71. The maximum atomic E-state index is 2.45. The van der Waals surface area contributed by atoms with E-state index in [1.165, 1.54) is 75.8 Å². The van der Waals surface area contributed by atoms with Crippen LogP contribution in [-0.4, -0.2) is 0 Å². The molecule has 0 aliphatic heterocycles. The fourth-order valence-electron chi connectivity index (χ4n) is 8.38. The van der Waals surface area contributed by atoms with Gasteiger partial charge in [0.05, 0.1) is 0 Å². The Bertz CT molecular complexity index is 2730. The first kappa shape index (κ1) is 31.5. The fraction of sp³-hybridized carbons (Fsp3) is 0.0588. The van der Waals surface area contributed by atoms with Gasteiger partial charge >= 0.3 is 0 Å². The van der Waals surface area contributed by atoms with Gasteiger partial charge in [-0.3, -0.25) is 0 Å². The fourth-order valence-corrected chi connectivity index (χ4v) is 9.62. The van der Waals surface area contributed by atoms with Crippen LogP contribution in [0, 0.1) is 0 Å². The van der Waals surface area contributed by atoms with Crippen molar-refractivity contribution in [3.05, 3.63) is 199 Å². The summed E-state index contributed by atoms with van der Waals surface area (Å²) in [5.74, 6) is 0. The summed E-state index contributed by atoms with van der Waals surface area (Å²) in [5, 5.41) is 2.65. The highest BCUT2D eigenvalue weighted by Crippen LogP contribution is 2.51. The Morgan fingerprint density at radius 3 is 1.70 bits per heavy atom. The van der Waals surface area contributed by atoms with Gasteiger partial charge in [0.1, 0.15) is 0 Å². The summed E-state index contributed by atoms with van der Waals surface area (Å²) in [6.07, 6.45) is 0. The SMILES string of the molecule is CC1(C)c2ccccc2-c2ccc(N(c3ccc(-c4cccc5c4sc4ccccc45)cc3)c3cc(-c4ccccc4)cc(-c4ccccc4)c3)cc21. The lowest BCUT2D eigenvalue weighted by atomic mass is 9.82. The number of hydrogen-bond donors (Lipinski definition) is 0. The number of benzene rings is 8. The summed E-state index contributed by atoms with van der Waals surface area (Å²) in [4.78, 5) is 2.45. The Morgan fingerprint density at radius 1 is 0.377 bits per heavy atom. The van der Waals surface area contributed by atoms with Gasteiger partial charge < -0.3 is 4.90 Å². The zero-order valence-electron chi connectivity index (χ0n) is 29.8. The van der Waals surface area contributed by atoms with E-state index in [9.17, 15) is 0 Å². The smallest absolute Gasteiger partial charge is 0.0473 e. The average molecular weight is 696 g/mol. The molecular formula is C51H37NS. The third-order valence-electron chi connectivity index (χ3n) is 11.1. The van der Waals surface area contributed by atoms with Crippen molar-refractivity contribution in [2.75, 3.05) is 4.90 Å². The molecule has 0 N–H and O–H groups in total. The van der Waals surface area contributed by atoms with Crippen LogP contribution in [0.1, 0.15) is 25.0 Å². The van der Waals surface area contributed by atoms with E-state index in [1.807, 2.05) is 11.3 Å². The van der Waals surface area contributed by atoms with Crippen molar-refractivity contribution in [3.63, 3.8) is 0 Å². The van der Waals surface area contributed by atoms with Crippen molar-refractivity contribution in [2.24, 2.45) is 0 Å². The highest BCUT2D eigenvalue weighted by Gasteiger charge is 2.35. The number of thiophene rings is 1. The third-order valence-corrected chi connectivity index (χ3v) is 12.3. The van der Waals surface area contributed by atoms with E-state index in [4.69, 9.17) is 0 Å². The first-order chi connectivity index (χ1) is 26.0. The van der Waals surface area contributed by atoms with Crippen molar-refractivity contribution in [1.29, 1.82) is 0 Å². The van der Waals surface area contributed by atoms with Crippen LogP contribution in [0.4, 0.5) is 17.1 Å². The van der Waals surface area contributed by atoms with E-state index in [0.29, 0.717) is 0 Å². The number of nitrogens with zero attached hydrogens (tertiary/aromatic N) is 1. The number of rotatable bonds is 6. The Balaban J connectivity index is 1.16. The predicted octanol–water partition coefficient (Wildman–Crippen LogP) is 14.8. The van der Waals surface area contributed by atoms with Crippen molar-refractivity contribution >= 4 is 48.6 Å². The molecule has 0 amide bonds. The van der Waals surface area contributed by atoms with Gasteiger partial charge in [-0.25, -0.2) is 0 Å². The number of fused-ring (bicyclic) bond motifs is 6. The van der Waals surface area contributed by atoms with Gasteiger partial charge in [-0.1, -0.05) is 153 Å². The Morgan fingerprint density at radius 2 is 0.962 bits per heavy atom. The first-order valence-corrected chi connectivity index (χ1v) is 19.2. The third kappa shape index (κ3) is 5.29. The molecule has 1 aliphatic carbocycles. The zero-order chi connectivity index (χ0) is 35.5.